The van der Waals surface area contributed by atoms with Gasteiger partial charge in [0.05, 0.1) is 23.0 Å². The first kappa shape index (κ1) is 23.1. The number of aryl methyl sites for hydroxylation is 2. The molecule has 5 rings (SSSR count). The minimum absolute atomic E-state index is 0.443. The van der Waals surface area contributed by atoms with E-state index in [2.05, 4.69) is 39.3 Å². The molecule has 0 saturated carbocycles. The zero-order chi connectivity index (χ0) is 24.0. The molecule has 2 aromatic heterocycles. The molecule has 178 valence electrons. The van der Waals surface area contributed by atoms with Crippen LogP contribution in [0.4, 0.5) is 0 Å². The fourth-order valence-electron chi connectivity index (χ4n) is 4.84. The van der Waals surface area contributed by atoms with Gasteiger partial charge in [0, 0.05) is 23.7 Å². The summed E-state index contributed by atoms with van der Waals surface area (Å²) in [5, 5.41) is 14.4. The topological polar surface area (TPSA) is 75.2 Å². The number of aromatic nitrogens is 2. The van der Waals surface area contributed by atoms with Crippen molar-refractivity contribution in [3.05, 3.63) is 88.9 Å². The number of pyridine rings is 1. The molecule has 0 amide bonds. The second kappa shape index (κ2) is 10.7. The van der Waals surface area contributed by atoms with Crippen molar-refractivity contribution in [2.75, 3.05) is 13.1 Å². The third kappa shape index (κ3) is 5.52. The molecule has 0 bridgehead atoms. The maximum atomic E-state index is 8.95. The Morgan fingerprint density at radius 3 is 2.66 bits per heavy atom. The molecule has 0 N–H and O–H groups in total. The van der Waals surface area contributed by atoms with Crippen LogP contribution in [0, 0.1) is 24.2 Å². The van der Waals surface area contributed by atoms with Gasteiger partial charge in [-0.25, -0.2) is 0 Å². The maximum absolute atomic E-state index is 8.95. The lowest BCUT2D eigenvalue weighted by molar-refractivity contribution is 0.170. The van der Waals surface area contributed by atoms with Crippen molar-refractivity contribution in [2.24, 2.45) is 5.92 Å². The molecular formula is C29H30N4O2. The number of ether oxygens (including phenoxy) is 1. The van der Waals surface area contributed by atoms with E-state index >= 15 is 0 Å². The van der Waals surface area contributed by atoms with Crippen LogP contribution in [-0.4, -0.2) is 28.1 Å². The van der Waals surface area contributed by atoms with E-state index in [9.17, 15) is 0 Å². The molecule has 35 heavy (non-hydrogen) atoms. The van der Waals surface area contributed by atoms with Gasteiger partial charge in [-0.1, -0.05) is 23.4 Å². The summed E-state index contributed by atoms with van der Waals surface area (Å²) in [5.74, 6) is 1.52. The van der Waals surface area contributed by atoms with Gasteiger partial charge in [0.25, 0.3) is 0 Å². The largest absolute Gasteiger partial charge is 0.488 e. The number of benzene rings is 2. The summed E-state index contributed by atoms with van der Waals surface area (Å²) in [6.45, 7) is 5.65. The second-order valence-corrected chi connectivity index (χ2v) is 9.37. The summed E-state index contributed by atoms with van der Waals surface area (Å²) in [5.41, 5.74) is 5.64. The molecule has 0 atom stereocenters. The van der Waals surface area contributed by atoms with Gasteiger partial charge in [-0.3, -0.25) is 9.88 Å². The van der Waals surface area contributed by atoms with Crippen LogP contribution < -0.4 is 4.74 Å². The summed E-state index contributed by atoms with van der Waals surface area (Å²) in [7, 11) is 0. The van der Waals surface area contributed by atoms with E-state index in [0.717, 1.165) is 77.6 Å². The van der Waals surface area contributed by atoms with E-state index < -0.39 is 0 Å². The lowest BCUT2D eigenvalue weighted by Gasteiger charge is -2.31. The van der Waals surface area contributed by atoms with Crippen LogP contribution in [0.5, 0.6) is 5.75 Å². The average Bonchev–Trinajstić information content (AvgIpc) is 3.33. The summed E-state index contributed by atoms with van der Waals surface area (Å²) in [6.07, 6.45) is 6.37. The molecule has 1 fully saturated rings. The zero-order valence-electron chi connectivity index (χ0n) is 20.1. The van der Waals surface area contributed by atoms with Gasteiger partial charge >= 0.3 is 0 Å². The van der Waals surface area contributed by atoms with E-state index in [-0.39, 0.29) is 0 Å². The Morgan fingerprint density at radius 1 is 1.09 bits per heavy atom. The Hall–Kier alpha value is -3.69. The number of piperidine rings is 1. The van der Waals surface area contributed by atoms with Gasteiger partial charge in [-0.15, -0.1) is 0 Å². The standard InChI is InChI=1S/C29H30N4O2/c1-21-28(34-20-24-7-5-23(18-30)6-8-24)12-10-26-27(32-35-29(21)26)11-9-22-13-16-33(17-14-22)19-25-4-2-3-15-31-25/h2-8,10,12,15,22H,9,11,13-14,16-17,19-20H2,1H3. The Labute approximate surface area is 206 Å². The van der Waals surface area contributed by atoms with Crippen LogP contribution in [0.3, 0.4) is 0 Å². The van der Waals surface area contributed by atoms with Crippen LogP contribution in [0.2, 0.25) is 0 Å². The van der Waals surface area contributed by atoms with E-state index in [1.165, 1.54) is 12.8 Å². The molecule has 2 aromatic carbocycles. The van der Waals surface area contributed by atoms with Crippen LogP contribution in [0.25, 0.3) is 11.0 Å². The minimum Gasteiger partial charge on any atom is -0.488 e. The van der Waals surface area contributed by atoms with Gasteiger partial charge in [0.1, 0.15) is 12.4 Å². The quantitative estimate of drug-likeness (QED) is 0.325. The monoisotopic (exact) mass is 466 g/mol. The molecule has 0 spiro atoms. The van der Waals surface area contributed by atoms with Gasteiger partial charge in [-0.05, 0) is 93.6 Å². The number of rotatable bonds is 8. The third-order valence-corrected chi connectivity index (χ3v) is 7.00. The highest BCUT2D eigenvalue weighted by molar-refractivity contribution is 5.84. The fourth-order valence-corrected chi connectivity index (χ4v) is 4.84. The number of fused-ring (bicyclic) bond motifs is 1. The van der Waals surface area contributed by atoms with E-state index in [1.54, 1.807) is 0 Å². The molecule has 1 saturated heterocycles. The number of nitriles is 1. The second-order valence-electron chi connectivity index (χ2n) is 9.37. The van der Waals surface area contributed by atoms with Crippen molar-refractivity contribution < 1.29 is 9.26 Å². The van der Waals surface area contributed by atoms with Crippen LogP contribution >= 0.6 is 0 Å². The molecule has 1 aliphatic heterocycles. The summed E-state index contributed by atoms with van der Waals surface area (Å²) in [6, 6.07) is 19.8. The smallest absolute Gasteiger partial charge is 0.173 e. The molecule has 1 aliphatic rings. The Morgan fingerprint density at radius 2 is 1.91 bits per heavy atom. The molecule has 4 aromatic rings. The van der Waals surface area contributed by atoms with Gasteiger partial charge < -0.3 is 9.26 Å². The zero-order valence-corrected chi connectivity index (χ0v) is 20.1. The molecule has 0 radical (unpaired) electrons. The number of hydrogen-bond acceptors (Lipinski definition) is 6. The SMILES string of the molecule is Cc1c(OCc2ccc(C#N)cc2)ccc2c(CCC3CCN(Cc4ccccn4)CC3)noc12. The first-order valence-corrected chi connectivity index (χ1v) is 12.3. The van der Waals surface area contributed by atoms with E-state index in [0.29, 0.717) is 12.2 Å². The van der Waals surface area contributed by atoms with Crippen molar-refractivity contribution in [1.82, 2.24) is 15.0 Å². The first-order chi connectivity index (χ1) is 17.2. The number of likely N-dealkylation sites (tertiary alicyclic amines) is 1. The van der Waals surface area contributed by atoms with Crippen molar-refractivity contribution in [3.63, 3.8) is 0 Å². The van der Waals surface area contributed by atoms with E-state index in [1.807, 2.05) is 49.5 Å². The summed E-state index contributed by atoms with van der Waals surface area (Å²) < 4.78 is 11.8. The molecular weight excluding hydrogens is 436 g/mol. The van der Waals surface area contributed by atoms with Crippen LogP contribution in [-0.2, 0) is 19.6 Å². The predicted octanol–water partition coefficient (Wildman–Crippen LogP) is 5.83. The Bertz CT molecular complexity index is 1300. The van der Waals surface area contributed by atoms with Crippen LogP contribution in [0.1, 0.15) is 47.3 Å². The van der Waals surface area contributed by atoms with Gasteiger partial charge in [0.2, 0.25) is 0 Å². The first-order valence-electron chi connectivity index (χ1n) is 12.3. The van der Waals surface area contributed by atoms with Crippen LogP contribution in [0.15, 0.2) is 65.3 Å². The summed E-state index contributed by atoms with van der Waals surface area (Å²) >= 11 is 0. The highest BCUT2D eigenvalue weighted by atomic mass is 16.5. The Kier molecular flexibility index (Phi) is 7.06. The predicted molar refractivity (Wildman–Crippen MR) is 135 cm³/mol. The minimum atomic E-state index is 0.443. The molecule has 3 heterocycles. The molecule has 0 unspecified atom stereocenters. The highest BCUT2D eigenvalue weighted by Crippen LogP contribution is 2.31. The van der Waals surface area contributed by atoms with Gasteiger partial charge in [-0.2, -0.15) is 5.26 Å². The fraction of sp³-hybridized carbons (Fsp3) is 0.345. The van der Waals surface area contributed by atoms with E-state index in [4.69, 9.17) is 14.5 Å². The van der Waals surface area contributed by atoms with Crippen molar-refractivity contribution in [1.29, 1.82) is 5.26 Å². The van der Waals surface area contributed by atoms with Crippen molar-refractivity contribution in [2.45, 2.75) is 45.8 Å². The normalized spacial score (nSPS) is 14.7. The third-order valence-electron chi connectivity index (χ3n) is 7.00. The van der Waals surface area contributed by atoms with Crippen molar-refractivity contribution in [3.8, 4) is 11.8 Å². The Balaban J connectivity index is 1.15. The molecule has 6 heteroatoms. The molecule has 6 nitrogen and oxygen atoms in total. The number of hydrogen-bond donors (Lipinski definition) is 0. The number of nitrogens with zero attached hydrogens (tertiary/aromatic N) is 4. The van der Waals surface area contributed by atoms with Crippen molar-refractivity contribution >= 4 is 11.0 Å². The molecule has 0 aliphatic carbocycles. The van der Waals surface area contributed by atoms with Gasteiger partial charge in [0.15, 0.2) is 5.58 Å². The lowest BCUT2D eigenvalue weighted by atomic mass is 9.91. The highest BCUT2D eigenvalue weighted by Gasteiger charge is 2.21. The average molecular weight is 467 g/mol. The summed E-state index contributed by atoms with van der Waals surface area (Å²) in [4.78, 5) is 6.96. The maximum Gasteiger partial charge on any atom is 0.173 e. The lowest BCUT2D eigenvalue weighted by Crippen LogP contribution is -2.33.